The van der Waals surface area contributed by atoms with Crippen LogP contribution in [-0.2, 0) is 10.0 Å². The Labute approximate surface area is 187 Å². The van der Waals surface area contributed by atoms with Crippen LogP contribution < -0.4 is 5.32 Å². The topological polar surface area (TPSA) is 66.5 Å². The van der Waals surface area contributed by atoms with Crippen molar-refractivity contribution in [2.75, 3.05) is 11.9 Å². The highest BCUT2D eigenvalue weighted by Crippen LogP contribution is 2.33. The number of hydrogen-bond acceptors (Lipinski definition) is 4. The minimum absolute atomic E-state index is 0.0130. The molecule has 0 unspecified atom stereocenters. The van der Waals surface area contributed by atoms with E-state index in [9.17, 15) is 13.2 Å². The van der Waals surface area contributed by atoms with Crippen molar-refractivity contribution >= 4 is 33.0 Å². The number of amides is 1. The molecule has 5 nitrogen and oxygen atoms in total. The van der Waals surface area contributed by atoms with Crippen LogP contribution in [0, 0.1) is 6.92 Å². The predicted molar refractivity (Wildman–Crippen MR) is 126 cm³/mol. The van der Waals surface area contributed by atoms with E-state index >= 15 is 0 Å². The molecule has 2 aromatic carbocycles. The third-order valence-corrected chi connectivity index (χ3v) is 8.95. The SMILES string of the molecule is Cc1cc(C(=O)Nc2ccc(S(=O)(=O)N3CCCC[C@@H]3C)cc2)sc1-c1ccccc1. The van der Waals surface area contributed by atoms with Gasteiger partial charge in [0.2, 0.25) is 10.0 Å². The lowest BCUT2D eigenvalue weighted by molar-refractivity contribution is 0.103. The molecule has 3 aromatic rings. The standard InChI is InChI=1S/C24H26N2O3S2/c1-17-16-22(30-23(17)19-9-4-3-5-10-19)24(27)25-20-11-13-21(14-12-20)31(28,29)26-15-7-6-8-18(26)2/h3-5,9-14,16,18H,6-8,15H2,1-2H3,(H,25,27)/t18-/m0/s1. The number of carbonyl (C=O) groups excluding carboxylic acids is 1. The maximum absolute atomic E-state index is 13.0. The Bertz CT molecular complexity index is 1170. The summed E-state index contributed by atoms with van der Waals surface area (Å²) in [5.41, 5.74) is 2.71. The Balaban J connectivity index is 1.49. The first-order valence-corrected chi connectivity index (χ1v) is 12.7. The van der Waals surface area contributed by atoms with Gasteiger partial charge in [0.05, 0.1) is 9.77 Å². The van der Waals surface area contributed by atoms with Gasteiger partial charge in [0.25, 0.3) is 5.91 Å². The number of aryl methyl sites for hydroxylation is 1. The molecule has 1 amide bonds. The smallest absolute Gasteiger partial charge is 0.265 e. The molecule has 0 radical (unpaired) electrons. The summed E-state index contributed by atoms with van der Waals surface area (Å²) in [5.74, 6) is -0.199. The third-order valence-electron chi connectivity index (χ3n) is 5.64. The number of nitrogens with zero attached hydrogens (tertiary/aromatic N) is 1. The van der Waals surface area contributed by atoms with E-state index in [1.165, 1.54) is 11.3 Å². The fourth-order valence-electron chi connectivity index (χ4n) is 3.94. The largest absolute Gasteiger partial charge is 0.321 e. The lowest BCUT2D eigenvalue weighted by atomic mass is 10.1. The zero-order chi connectivity index (χ0) is 22.0. The molecule has 0 aliphatic carbocycles. The molecule has 1 N–H and O–H groups in total. The molecule has 1 aromatic heterocycles. The Morgan fingerprint density at radius 2 is 1.77 bits per heavy atom. The average Bonchev–Trinajstić information content (AvgIpc) is 3.17. The van der Waals surface area contributed by atoms with Crippen LogP contribution in [0.4, 0.5) is 5.69 Å². The zero-order valence-corrected chi connectivity index (χ0v) is 19.3. The van der Waals surface area contributed by atoms with Crippen LogP contribution in [-0.4, -0.2) is 31.2 Å². The summed E-state index contributed by atoms with van der Waals surface area (Å²) < 4.78 is 27.5. The molecule has 1 aliphatic heterocycles. The van der Waals surface area contributed by atoms with Gasteiger partial charge in [0.15, 0.2) is 0 Å². The summed E-state index contributed by atoms with van der Waals surface area (Å²) in [6.45, 7) is 4.51. The van der Waals surface area contributed by atoms with Gasteiger partial charge in [-0.2, -0.15) is 4.31 Å². The van der Waals surface area contributed by atoms with Crippen molar-refractivity contribution in [3.8, 4) is 10.4 Å². The first kappa shape index (κ1) is 21.7. The summed E-state index contributed by atoms with van der Waals surface area (Å²) in [5, 5.41) is 2.88. The predicted octanol–water partition coefficient (Wildman–Crippen LogP) is 5.54. The molecule has 0 bridgehead atoms. The number of nitrogens with one attached hydrogen (secondary N) is 1. The minimum Gasteiger partial charge on any atom is -0.321 e. The lowest BCUT2D eigenvalue weighted by Crippen LogP contribution is -2.41. The van der Waals surface area contributed by atoms with Crippen molar-refractivity contribution in [3.05, 3.63) is 71.1 Å². The van der Waals surface area contributed by atoms with E-state index < -0.39 is 10.0 Å². The highest BCUT2D eigenvalue weighted by molar-refractivity contribution is 7.89. The quantitative estimate of drug-likeness (QED) is 0.550. The number of piperidine rings is 1. The second-order valence-corrected chi connectivity index (χ2v) is 10.9. The maximum Gasteiger partial charge on any atom is 0.265 e. The highest BCUT2D eigenvalue weighted by Gasteiger charge is 2.30. The number of carbonyl (C=O) groups is 1. The summed E-state index contributed by atoms with van der Waals surface area (Å²) in [6.07, 6.45) is 2.84. The molecule has 0 saturated carbocycles. The van der Waals surface area contributed by atoms with Crippen LogP contribution in [0.15, 0.2) is 65.6 Å². The average molecular weight is 455 g/mol. The number of rotatable bonds is 5. The van der Waals surface area contributed by atoms with E-state index in [1.54, 1.807) is 28.6 Å². The van der Waals surface area contributed by atoms with Crippen LogP contribution in [0.25, 0.3) is 10.4 Å². The van der Waals surface area contributed by atoms with E-state index in [0.29, 0.717) is 17.1 Å². The number of sulfonamides is 1. The molecule has 2 heterocycles. The van der Waals surface area contributed by atoms with Crippen LogP contribution in [0.2, 0.25) is 0 Å². The minimum atomic E-state index is -3.52. The Morgan fingerprint density at radius 3 is 2.45 bits per heavy atom. The van der Waals surface area contributed by atoms with Crippen LogP contribution in [0.3, 0.4) is 0 Å². The zero-order valence-electron chi connectivity index (χ0n) is 17.7. The second-order valence-electron chi connectivity index (χ2n) is 7.93. The van der Waals surface area contributed by atoms with Gasteiger partial charge in [0, 0.05) is 23.2 Å². The summed E-state index contributed by atoms with van der Waals surface area (Å²) in [6, 6.07) is 18.3. The van der Waals surface area contributed by atoms with Crippen molar-refractivity contribution in [2.45, 2.75) is 44.0 Å². The van der Waals surface area contributed by atoms with E-state index in [-0.39, 0.29) is 16.8 Å². The van der Waals surface area contributed by atoms with Gasteiger partial charge >= 0.3 is 0 Å². The second kappa shape index (κ2) is 8.94. The lowest BCUT2D eigenvalue weighted by Gasteiger charge is -2.32. The molecule has 1 aliphatic rings. The van der Waals surface area contributed by atoms with E-state index in [0.717, 1.165) is 35.3 Å². The third kappa shape index (κ3) is 4.59. The molecular formula is C24H26N2O3S2. The fourth-order valence-corrected chi connectivity index (χ4v) is 6.71. The molecule has 1 saturated heterocycles. The van der Waals surface area contributed by atoms with Gasteiger partial charge in [-0.05, 0) is 68.1 Å². The van der Waals surface area contributed by atoms with Crippen molar-refractivity contribution in [1.82, 2.24) is 4.31 Å². The molecule has 1 fully saturated rings. The first-order chi connectivity index (χ1) is 14.9. The summed E-state index contributed by atoms with van der Waals surface area (Å²) in [4.78, 5) is 14.7. The monoisotopic (exact) mass is 454 g/mol. The summed E-state index contributed by atoms with van der Waals surface area (Å²) >= 11 is 1.45. The number of benzene rings is 2. The van der Waals surface area contributed by atoms with Crippen LogP contribution in [0.5, 0.6) is 0 Å². The number of hydrogen-bond donors (Lipinski definition) is 1. The van der Waals surface area contributed by atoms with Crippen molar-refractivity contribution in [3.63, 3.8) is 0 Å². The number of anilines is 1. The van der Waals surface area contributed by atoms with Gasteiger partial charge in [-0.25, -0.2) is 8.42 Å². The van der Waals surface area contributed by atoms with Crippen LogP contribution in [0.1, 0.15) is 41.4 Å². The molecule has 162 valence electrons. The van der Waals surface area contributed by atoms with E-state index in [1.807, 2.05) is 50.2 Å². The Hall–Kier alpha value is -2.48. The Kier molecular flexibility index (Phi) is 6.27. The summed E-state index contributed by atoms with van der Waals surface area (Å²) in [7, 11) is -3.52. The van der Waals surface area contributed by atoms with E-state index in [4.69, 9.17) is 0 Å². The van der Waals surface area contributed by atoms with Gasteiger partial charge in [-0.1, -0.05) is 36.8 Å². The molecule has 0 spiro atoms. The van der Waals surface area contributed by atoms with Gasteiger partial charge < -0.3 is 5.32 Å². The molecule has 7 heteroatoms. The first-order valence-electron chi connectivity index (χ1n) is 10.5. The highest BCUT2D eigenvalue weighted by atomic mass is 32.2. The molecule has 1 atom stereocenters. The number of thiophene rings is 1. The van der Waals surface area contributed by atoms with Gasteiger partial charge in [-0.15, -0.1) is 11.3 Å². The Morgan fingerprint density at radius 1 is 1.06 bits per heavy atom. The van der Waals surface area contributed by atoms with Gasteiger partial charge in [0.1, 0.15) is 0 Å². The molecule has 4 rings (SSSR count). The van der Waals surface area contributed by atoms with Crippen molar-refractivity contribution in [1.29, 1.82) is 0 Å². The van der Waals surface area contributed by atoms with E-state index in [2.05, 4.69) is 5.32 Å². The fraction of sp³-hybridized carbons (Fsp3) is 0.292. The normalized spacial score (nSPS) is 17.4. The molecular weight excluding hydrogens is 428 g/mol. The van der Waals surface area contributed by atoms with Crippen molar-refractivity contribution in [2.24, 2.45) is 0 Å². The van der Waals surface area contributed by atoms with Crippen LogP contribution >= 0.6 is 11.3 Å². The van der Waals surface area contributed by atoms with Gasteiger partial charge in [-0.3, -0.25) is 4.79 Å². The maximum atomic E-state index is 13.0. The van der Waals surface area contributed by atoms with Crippen molar-refractivity contribution < 1.29 is 13.2 Å². The molecule has 31 heavy (non-hydrogen) atoms.